The predicted octanol–water partition coefficient (Wildman–Crippen LogP) is 4.35. The molecule has 236 valence electrons. The fraction of sp³-hybridized carbons (Fsp3) is 0.457. The van der Waals surface area contributed by atoms with Gasteiger partial charge in [0, 0.05) is 41.9 Å². The zero-order valence-corrected chi connectivity index (χ0v) is 25.2. The average molecular weight is 614 g/mol. The van der Waals surface area contributed by atoms with Crippen LogP contribution in [0.1, 0.15) is 62.5 Å². The molecule has 0 saturated heterocycles. The molecule has 5 N–H and O–H groups in total. The molecular weight excluding hydrogens is 573 g/mol. The summed E-state index contributed by atoms with van der Waals surface area (Å²) in [6.07, 6.45) is 8.77. The van der Waals surface area contributed by atoms with Gasteiger partial charge in [0.15, 0.2) is 5.78 Å². The fourth-order valence-corrected chi connectivity index (χ4v) is 8.24. The number of para-hydroxylation sites is 1. The van der Waals surface area contributed by atoms with Crippen molar-refractivity contribution in [3.8, 4) is 0 Å². The number of rotatable bonds is 13. The molecule has 7 rings (SSSR count). The van der Waals surface area contributed by atoms with Crippen LogP contribution >= 0.6 is 0 Å². The largest absolute Gasteiger partial charge is 0.361 e. The van der Waals surface area contributed by atoms with E-state index >= 15 is 0 Å². The third-order valence-corrected chi connectivity index (χ3v) is 10.1. The van der Waals surface area contributed by atoms with Crippen LogP contribution in [-0.2, 0) is 32.1 Å². The number of H-pyrrole nitrogens is 1. The van der Waals surface area contributed by atoms with Crippen molar-refractivity contribution < 1.29 is 23.6 Å². The molecule has 45 heavy (non-hydrogen) atoms. The normalized spacial score (nSPS) is 24.5. The van der Waals surface area contributed by atoms with E-state index in [4.69, 9.17) is 5.41 Å². The van der Waals surface area contributed by atoms with Gasteiger partial charge in [-0.05, 0) is 92.0 Å². The first-order chi connectivity index (χ1) is 21.7. The lowest BCUT2D eigenvalue weighted by atomic mass is 9.49. The summed E-state index contributed by atoms with van der Waals surface area (Å²) in [6, 6.07) is 11.4. The molecule has 0 radical (unpaired) electrons. The van der Waals surface area contributed by atoms with Gasteiger partial charge in [-0.1, -0.05) is 30.3 Å². The van der Waals surface area contributed by atoms with Crippen LogP contribution in [0.4, 0.5) is 4.39 Å². The SMILES string of the molecule is N=CC(=O)CC[C@H](NC(=O)[C@H](Cc1c[nH]c2ccccc12)NC(=O)C12CC3CC(CC(C3)C1)C2)C(=O)NCc1ccc(F)cc1. The zero-order valence-electron chi connectivity index (χ0n) is 25.2. The third kappa shape index (κ3) is 6.84. The Morgan fingerprint density at radius 3 is 2.24 bits per heavy atom. The molecule has 4 aliphatic rings. The Labute approximate surface area is 261 Å². The number of halogens is 1. The Kier molecular flexibility index (Phi) is 8.83. The number of amides is 3. The molecule has 1 aromatic heterocycles. The average Bonchev–Trinajstić information content (AvgIpc) is 3.44. The first-order valence-electron chi connectivity index (χ1n) is 15.9. The molecule has 4 aliphatic carbocycles. The second kappa shape index (κ2) is 12.9. The summed E-state index contributed by atoms with van der Waals surface area (Å²) in [5, 5.41) is 16.9. The van der Waals surface area contributed by atoms with Crippen molar-refractivity contribution in [1.29, 1.82) is 5.41 Å². The van der Waals surface area contributed by atoms with Gasteiger partial charge in [-0.2, -0.15) is 0 Å². The summed E-state index contributed by atoms with van der Waals surface area (Å²) >= 11 is 0. The van der Waals surface area contributed by atoms with Crippen LogP contribution < -0.4 is 16.0 Å². The first-order valence-corrected chi connectivity index (χ1v) is 15.9. The minimum Gasteiger partial charge on any atom is -0.361 e. The Bertz CT molecular complexity index is 1560. The van der Waals surface area contributed by atoms with Crippen molar-refractivity contribution in [2.45, 2.75) is 76.4 Å². The van der Waals surface area contributed by atoms with E-state index in [-0.39, 0.29) is 31.7 Å². The number of fused-ring (bicyclic) bond motifs is 1. The minimum absolute atomic E-state index is 0.0159. The standard InChI is InChI=1S/C35H40FN5O4/c36-26-7-5-21(6-8-26)19-39-32(43)30(10-9-27(42)18-37)40-33(44)31(14-25-20-38-29-4-2-1-3-28(25)29)41-34(45)35-15-22-11-23(16-35)13-24(12-22)17-35/h1-8,18,20,22-24,30-31,37-38H,9-17,19H2,(H,39,43)(H,40,44)(H,41,45)/t22?,23?,24?,30-,31-,35?/m0/s1. The van der Waals surface area contributed by atoms with Gasteiger partial charge in [0.1, 0.15) is 17.9 Å². The van der Waals surface area contributed by atoms with Gasteiger partial charge in [-0.25, -0.2) is 4.39 Å². The zero-order chi connectivity index (χ0) is 31.6. The van der Waals surface area contributed by atoms with Crippen molar-refractivity contribution in [3.63, 3.8) is 0 Å². The molecule has 0 aliphatic heterocycles. The first kappa shape index (κ1) is 30.7. The summed E-state index contributed by atoms with van der Waals surface area (Å²) in [6.45, 7) is 0.103. The van der Waals surface area contributed by atoms with E-state index in [1.165, 1.54) is 31.4 Å². The molecule has 1 heterocycles. The number of hydrogen-bond acceptors (Lipinski definition) is 5. The second-order valence-corrected chi connectivity index (χ2v) is 13.3. The Morgan fingerprint density at radius 1 is 0.911 bits per heavy atom. The minimum atomic E-state index is -1.08. The van der Waals surface area contributed by atoms with E-state index in [2.05, 4.69) is 20.9 Å². The summed E-state index contributed by atoms with van der Waals surface area (Å²) in [5.74, 6) is -0.289. The van der Waals surface area contributed by atoms with Crippen molar-refractivity contribution in [2.24, 2.45) is 23.2 Å². The summed E-state index contributed by atoms with van der Waals surface area (Å²) in [5.41, 5.74) is 2.00. The van der Waals surface area contributed by atoms with Gasteiger partial charge in [-0.15, -0.1) is 0 Å². The number of Topliss-reactive ketones (excluding diaryl/α,β-unsaturated/α-hetero) is 1. The van der Waals surface area contributed by atoms with E-state index < -0.39 is 40.9 Å². The van der Waals surface area contributed by atoms with Crippen LogP contribution in [0.5, 0.6) is 0 Å². The number of ketones is 1. The number of aromatic nitrogens is 1. The van der Waals surface area contributed by atoms with Crippen molar-refractivity contribution in [1.82, 2.24) is 20.9 Å². The molecule has 10 heteroatoms. The van der Waals surface area contributed by atoms with Crippen LogP contribution in [0.25, 0.3) is 10.9 Å². The van der Waals surface area contributed by atoms with Crippen molar-refractivity contribution >= 4 is 40.6 Å². The molecule has 4 saturated carbocycles. The maximum absolute atomic E-state index is 14.1. The maximum atomic E-state index is 14.1. The molecule has 0 unspecified atom stereocenters. The summed E-state index contributed by atoms with van der Waals surface area (Å²) in [7, 11) is 0. The van der Waals surface area contributed by atoms with Gasteiger partial charge in [-0.3, -0.25) is 19.2 Å². The Morgan fingerprint density at radius 2 is 1.58 bits per heavy atom. The molecule has 2 aromatic carbocycles. The highest BCUT2D eigenvalue weighted by Crippen LogP contribution is 2.60. The summed E-state index contributed by atoms with van der Waals surface area (Å²) in [4.78, 5) is 56.6. The van der Waals surface area contributed by atoms with Crippen LogP contribution in [0, 0.1) is 34.4 Å². The summed E-state index contributed by atoms with van der Waals surface area (Å²) < 4.78 is 13.3. The smallest absolute Gasteiger partial charge is 0.243 e. The van der Waals surface area contributed by atoms with E-state index in [0.29, 0.717) is 29.5 Å². The van der Waals surface area contributed by atoms with E-state index in [0.717, 1.165) is 35.7 Å². The highest BCUT2D eigenvalue weighted by molar-refractivity contribution is 6.26. The lowest BCUT2D eigenvalue weighted by molar-refractivity contribution is -0.148. The lowest BCUT2D eigenvalue weighted by Gasteiger charge is -2.55. The molecular formula is C35H40FN5O4. The topological polar surface area (TPSA) is 144 Å². The molecule has 4 fully saturated rings. The van der Waals surface area contributed by atoms with Crippen LogP contribution in [0.2, 0.25) is 0 Å². The fourth-order valence-electron chi connectivity index (χ4n) is 8.24. The van der Waals surface area contributed by atoms with E-state index in [1.807, 2.05) is 30.5 Å². The number of benzene rings is 2. The number of nitrogens with one attached hydrogen (secondary N) is 5. The number of aromatic amines is 1. The monoisotopic (exact) mass is 613 g/mol. The van der Waals surface area contributed by atoms with Crippen LogP contribution in [0.3, 0.4) is 0 Å². The maximum Gasteiger partial charge on any atom is 0.243 e. The van der Waals surface area contributed by atoms with Crippen molar-refractivity contribution in [2.75, 3.05) is 0 Å². The Balaban J connectivity index is 1.22. The number of hydrogen-bond donors (Lipinski definition) is 5. The lowest BCUT2D eigenvalue weighted by Crippen LogP contribution is -2.59. The molecule has 4 bridgehead atoms. The predicted molar refractivity (Wildman–Crippen MR) is 168 cm³/mol. The van der Waals surface area contributed by atoms with Crippen LogP contribution in [-0.4, -0.2) is 46.8 Å². The van der Waals surface area contributed by atoms with E-state index in [9.17, 15) is 23.6 Å². The molecule has 9 nitrogen and oxygen atoms in total. The third-order valence-electron chi connectivity index (χ3n) is 10.1. The van der Waals surface area contributed by atoms with Crippen molar-refractivity contribution in [3.05, 3.63) is 71.7 Å². The molecule has 3 aromatic rings. The molecule has 2 atom stereocenters. The van der Waals surface area contributed by atoms with Gasteiger partial charge in [0.2, 0.25) is 17.7 Å². The highest BCUT2D eigenvalue weighted by atomic mass is 19.1. The second-order valence-electron chi connectivity index (χ2n) is 13.3. The highest BCUT2D eigenvalue weighted by Gasteiger charge is 2.55. The quantitative estimate of drug-likeness (QED) is 0.183. The van der Waals surface area contributed by atoms with Gasteiger partial charge >= 0.3 is 0 Å². The van der Waals surface area contributed by atoms with E-state index in [1.54, 1.807) is 12.1 Å². The van der Waals surface area contributed by atoms with Gasteiger partial charge < -0.3 is 26.3 Å². The molecule has 3 amide bonds. The number of carbonyl (C=O) groups excluding carboxylic acids is 4. The number of carbonyl (C=O) groups is 4. The van der Waals surface area contributed by atoms with Gasteiger partial charge in [0.05, 0.1) is 6.21 Å². The molecule has 0 spiro atoms. The van der Waals surface area contributed by atoms with Gasteiger partial charge in [0.25, 0.3) is 0 Å². The Hall–Kier alpha value is -4.34. The van der Waals surface area contributed by atoms with Crippen LogP contribution in [0.15, 0.2) is 54.7 Å².